The molecule has 2 atom stereocenters. The van der Waals surface area contributed by atoms with Crippen LogP contribution in [0.1, 0.15) is 67.2 Å². The number of hydrogen-bond acceptors (Lipinski definition) is 7. The number of hydrogen-bond donors (Lipinski definition) is 6. The van der Waals surface area contributed by atoms with Crippen molar-refractivity contribution < 1.29 is 23.9 Å². The Bertz CT molecular complexity index is 1120. The Balaban J connectivity index is 1.98. The summed E-state index contributed by atoms with van der Waals surface area (Å²) < 4.78 is 15.1. The molecule has 0 saturated heterocycles. The molecular formula is C23H30FN7O4. The van der Waals surface area contributed by atoms with E-state index in [1.165, 1.54) is 18.5 Å². The first-order valence-electron chi connectivity index (χ1n) is 11.2. The minimum absolute atomic E-state index is 0.0256. The average molecular weight is 488 g/mol. The Labute approximate surface area is 202 Å². The normalized spacial score (nSPS) is 17.8. The lowest BCUT2D eigenvalue weighted by Gasteiger charge is -2.32. The van der Waals surface area contributed by atoms with Crippen molar-refractivity contribution in [3.63, 3.8) is 0 Å². The van der Waals surface area contributed by atoms with Crippen molar-refractivity contribution in [2.75, 3.05) is 10.6 Å². The summed E-state index contributed by atoms with van der Waals surface area (Å²) in [6.07, 6.45) is 4.46. The molecule has 1 aliphatic carbocycles. The van der Waals surface area contributed by atoms with Crippen molar-refractivity contribution in [3.8, 4) is 0 Å². The maximum Gasteiger partial charge on any atom is 0.404 e. The predicted octanol–water partition coefficient (Wildman–Crippen LogP) is 2.98. The standard InChI is InChI=1S/C23H30FN7O4/c1-23(2,3)31-21(33)14-9-15(24)20(28-16-6-4-5-7-17(16)29-22(34)35)30-19(14)27-13-8-12(18(25)32)10-26-11-13/h8-11,16-17,29H,4-7H2,1-3H3,(H2,25,32)(H,31,33)(H,34,35)(H2,27,28,30). The molecule has 0 aromatic carbocycles. The molecular weight excluding hydrogens is 457 g/mol. The lowest BCUT2D eigenvalue weighted by molar-refractivity contribution is 0.0918. The van der Waals surface area contributed by atoms with Crippen molar-refractivity contribution >= 4 is 35.2 Å². The monoisotopic (exact) mass is 487 g/mol. The van der Waals surface area contributed by atoms with Crippen molar-refractivity contribution in [1.29, 1.82) is 0 Å². The van der Waals surface area contributed by atoms with Crippen LogP contribution in [0.3, 0.4) is 0 Å². The molecule has 1 saturated carbocycles. The summed E-state index contributed by atoms with van der Waals surface area (Å²) in [6.45, 7) is 5.36. The molecule has 188 valence electrons. The molecule has 1 aliphatic rings. The van der Waals surface area contributed by atoms with Crippen LogP contribution in [0, 0.1) is 5.82 Å². The second-order valence-corrected chi connectivity index (χ2v) is 9.46. The summed E-state index contributed by atoms with van der Waals surface area (Å²) in [5.41, 5.74) is 5.13. The summed E-state index contributed by atoms with van der Waals surface area (Å²) in [5.74, 6) is -2.12. The van der Waals surface area contributed by atoms with E-state index >= 15 is 4.39 Å². The van der Waals surface area contributed by atoms with Crippen LogP contribution in [0.4, 0.5) is 26.5 Å². The Morgan fingerprint density at radius 1 is 1.09 bits per heavy atom. The van der Waals surface area contributed by atoms with Gasteiger partial charge in [-0.05, 0) is 45.7 Å². The fourth-order valence-corrected chi connectivity index (χ4v) is 3.86. The Morgan fingerprint density at radius 3 is 2.40 bits per heavy atom. The van der Waals surface area contributed by atoms with Crippen LogP contribution in [-0.2, 0) is 0 Å². The quantitative estimate of drug-likeness (QED) is 0.346. The van der Waals surface area contributed by atoms with Crippen LogP contribution in [-0.4, -0.2) is 50.6 Å². The largest absolute Gasteiger partial charge is 0.465 e. The second kappa shape index (κ2) is 10.5. The van der Waals surface area contributed by atoms with E-state index in [0.717, 1.165) is 18.9 Å². The van der Waals surface area contributed by atoms with E-state index in [4.69, 9.17) is 10.8 Å². The number of aromatic nitrogens is 2. The molecule has 0 radical (unpaired) electrons. The number of nitrogens with two attached hydrogens (primary N) is 1. The van der Waals surface area contributed by atoms with Crippen LogP contribution in [0.15, 0.2) is 24.5 Å². The lowest BCUT2D eigenvalue weighted by atomic mass is 9.90. The molecule has 3 rings (SSSR count). The van der Waals surface area contributed by atoms with Gasteiger partial charge in [0.25, 0.3) is 5.91 Å². The number of anilines is 3. The predicted molar refractivity (Wildman–Crippen MR) is 128 cm³/mol. The van der Waals surface area contributed by atoms with Gasteiger partial charge in [-0.1, -0.05) is 12.8 Å². The van der Waals surface area contributed by atoms with Crippen LogP contribution in [0.25, 0.3) is 0 Å². The van der Waals surface area contributed by atoms with E-state index in [9.17, 15) is 14.4 Å². The van der Waals surface area contributed by atoms with Crippen LogP contribution in [0.2, 0.25) is 0 Å². The van der Waals surface area contributed by atoms with Gasteiger partial charge in [-0.2, -0.15) is 0 Å². The van der Waals surface area contributed by atoms with Gasteiger partial charge < -0.3 is 32.1 Å². The number of halogens is 1. The van der Waals surface area contributed by atoms with Gasteiger partial charge in [0.15, 0.2) is 11.6 Å². The SMILES string of the molecule is CC(C)(C)NC(=O)c1cc(F)c(NC2CCCCC2NC(=O)O)nc1Nc1cncc(C(N)=O)c1. The first-order chi connectivity index (χ1) is 16.4. The van der Waals surface area contributed by atoms with E-state index in [1.54, 1.807) is 20.8 Å². The first-order valence-corrected chi connectivity index (χ1v) is 11.2. The zero-order valence-electron chi connectivity index (χ0n) is 19.8. The van der Waals surface area contributed by atoms with Gasteiger partial charge >= 0.3 is 6.09 Å². The Kier molecular flexibility index (Phi) is 7.72. The number of pyridine rings is 2. The number of primary amides is 1. The average Bonchev–Trinajstić information content (AvgIpc) is 2.75. The highest BCUT2D eigenvalue weighted by molar-refractivity contribution is 6.00. The summed E-state index contributed by atoms with van der Waals surface area (Å²) in [4.78, 5) is 43.9. The number of nitrogens with one attached hydrogen (secondary N) is 4. The second-order valence-electron chi connectivity index (χ2n) is 9.46. The fraction of sp³-hybridized carbons (Fsp3) is 0.435. The van der Waals surface area contributed by atoms with Gasteiger partial charge in [-0.15, -0.1) is 0 Å². The van der Waals surface area contributed by atoms with Gasteiger partial charge in [0.05, 0.1) is 29.1 Å². The van der Waals surface area contributed by atoms with Gasteiger partial charge in [-0.25, -0.2) is 14.2 Å². The van der Waals surface area contributed by atoms with E-state index in [1.807, 2.05) is 0 Å². The minimum atomic E-state index is -1.16. The topological polar surface area (TPSA) is 171 Å². The summed E-state index contributed by atoms with van der Waals surface area (Å²) in [6, 6.07) is 1.70. The van der Waals surface area contributed by atoms with Gasteiger partial charge in [0.1, 0.15) is 5.82 Å². The summed E-state index contributed by atoms with van der Waals surface area (Å²) in [7, 11) is 0. The molecule has 2 aromatic rings. The molecule has 12 heteroatoms. The third-order valence-electron chi connectivity index (χ3n) is 5.39. The lowest BCUT2D eigenvalue weighted by Crippen LogP contribution is -2.48. The highest BCUT2D eigenvalue weighted by Crippen LogP contribution is 2.28. The number of carboxylic acid groups (broad SMARTS) is 1. The summed E-state index contributed by atoms with van der Waals surface area (Å²) in [5, 5.41) is 20.3. The zero-order chi connectivity index (χ0) is 25.8. The first kappa shape index (κ1) is 25.7. The van der Waals surface area contributed by atoms with E-state index < -0.39 is 35.3 Å². The van der Waals surface area contributed by atoms with Crippen molar-refractivity contribution in [1.82, 2.24) is 20.6 Å². The molecule has 11 nitrogen and oxygen atoms in total. The molecule has 2 unspecified atom stereocenters. The molecule has 7 N–H and O–H groups in total. The van der Waals surface area contributed by atoms with Gasteiger partial charge in [0, 0.05) is 17.8 Å². The maximum atomic E-state index is 15.1. The smallest absolute Gasteiger partial charge is 0.404 e. The van der Waals surface area contributed by atoms with E-state index in [-0.39, 0.29) is 28.8 Å². The molecule has 0 bridgehead atoms. The maximum absolute atomic E-state index is 15.1. The van der Waals surface area contributed by atoms with Crippen molar-refractivity contribution in [3.05, 3.63) is 41.5 Å². The molecule has 35 heavy (non-hydrogen) atoms. The van der Waals surface area contributed by atoms with Gasteiger partial charge in [-0.3, -0.25) is 14.6 Å². The molecule has 1 fully saturated rings. The van der Waals surface area contributed by atoms with Crippen LogP contribution >= 0.6 is 0 Å². The highest BCUT2D eigenvalue weighted by atomic mass is 19.1. The zero-order valence-corrected chi connectivity index (χ0v) is 19.8. The molecule has 2 heterocycles. The van der Waals surface area contributed by atoms with Crippen LogP contribution in [0.5, 0.6) is 0 Å². The number of rotatable bonds is 7. The number of carbonyl (C=O) groups excluding carboxylic acids is 2. The van der Waals surface area contributed by atoms with Crippen molar-refractivity contribution in [2.24, 2.45) is 5.73 Å². The number of carbonyl (C=O) groups is 3. The molecule has 0 aliphatic heterocycles. The Morgan fingerprint density at radius 2 is 1.77 bits per heavy atom. The summed E-state index contributed by atoms with van der Waals surface area (Å²) >= 11 is 0. The van der Waals surface area contributed by atoms with Crippen LogP contribution < -0.4 is 27.0 Å². The number of amides is 3. The minimum Gasteiger partial charge on any atom is -0.465 e. The molecule has 2 aromatic heterocycles. The van der Waals surface area contributed by atoms with Gasteiger partial charge in [0.2, 0.25) is 5.91 Å². The number of nitrogens with zero attached hydrogens (tertiary/aromatic N) is 2. The van der Waals surface area contributed by atoms with E-state index in [2.05, 4.69) is 31.2 Å². The highest BCUT2D eigenvalue weighted by Gasteiger charge is 2.29. The van der Waals surface area contributed by atoms with Crippen molar-refractivity contribution in [2.45, 2.75) is 64.1 Å². The molecule has 3 amide bonds. The molecule has 0 spiro atoms. The van der Waals surface area contributed by atoms with E-state index in [0.29, 0.717) is 18.5 Å². The Hall–Kier alpha value is -3.96. The third kappa shape index (κ3) is 7.01. The third-order valence-corrected chi connectivity index (χ3v) is 5.39. The fourth-order valence-electron chi connectivity index (χ4n) is 3.86.